The summed E-state index contributed by atoms with van der Waals surface area (Å²) in [4.78, 5) is 4.26. The number of rotatable bonds is 3. The van der Waals surface area contributed by atoms with Crippen LogP contribution in [0, 0.1) is 6.10 Å². The van der Waals surface area contributed by atoms with Crippen molar-refractivity contribution in [3.8, 4) is 0 Å². The first kappa shape index (κ1) is 9.87. The van der Waals surface area contributed by atoms with E-state index < -0.39 is 0 Å². The van der Waals surface area contributed by atoms with Crippen LogP contribution in [0.15, 0.2) is 54.7 Å². The molecule has 0 unspecified atom stereocenters. The van der Waals surface area contributed by atoms with E-state index in [0.29, 0.717) is 0 Å². The summed E-state index contributed by atoms with van der Waals surface area (Å²) in [6, 6.07) is 15.7. The summed E-state index contributed by atoms with van der Waals surface area (Å²) in [6.45, 7) is 0. The molecule has 0 bridgehead atoms. The van der Waals surface area contributed by atoms with Gasteiger partial charge in [-0.2, -0.15) is 0 Å². The van der Waals surface area contributed by atoms with Gasteiger partial charge in [-0.1, -0.05) is 36.4 Å². The van der Waals surface area contributed by atoms with Crippen LogP contribution >= 0.6 is 0 Å². The number of benzene rings is 1. The van der Waals surface area contributed by atoms with Gasteiger partial charge in [-0.15, -0.1) is 0 Å². The van der Waals surface area contributed by atoms with Crippen molar-refractivity contribution >= 4 is 0 Å². The smallest absolute Gasteiger partial charge is 0.173 e. The van der Waals surface area contributed by atoms with Crippen molar-refractivity contribution in [2.75, 3.05) is 7.11 Å². The van der Waals surface area contributed by atoms with Crippen LogP contribution in [0.3, 0.4) is 0 Å². The number of aromatic nitrogens is 1. The number of methoxy groups -OCH3 is 1. The fourth-order valence-electron chi connectivity index (χ4n) is 1.46. The van der Waals surface area contributed by atoms with Crippen molar-refractivity contribution in [1.82, 2.24) is 4.98 Å². The summed E-state index contributed by atoms with van der Waals surface area (Å²) in [7, 11) is 1.66. The zero-order valence-electron chi connectivity index (χ0n) is 8.55. The molecule has 1 aromatic carbocycles. The molecule has 15 heavy (non-hydrogen) atoms. The maximum atomic E-state index is 5.38. The Morgan fingerprint density at radius 1 is 1.00 bits per heavy atom. The van der Waals surface area contributed by atoms with Crippen LogP contribution in [0.25, 0.3) is 0 Å². The third-order valence-corrected chi connectivity index (χ3v) is 2.14. The molecule has 0 saturated heterocycles. The molecule has 0 aliphatic carbocycles. The molecule has 2 heteroatoms. The number of hydrogen-bond acceptors (Lipinski definition) is 2. The van der Waals surface area contributed by atoms with E-state index >= 15 is 0 Å². The molecular weight excluding hydrogens is 186 g/mol. The van der Waals surface area contributed by atoms with E-state index in [4.69, 9.17) is 4.74 Å². The Morgan fingerprint density at radius 3 is 2.33 bits per heavy atom. The lowest BCUT2D eigenvalue weighted by Crippen LogP contribution is -2.06. The topological polar surface area (TPSA) is 22.1 Å². The van der Waals surface area contributed by atoms with Gasteiger partial charge in [-0.3, -0.25) is 4.98 Å². The SMILES string of the molecule is CO[C](c1ccccc1)c1ccccn1. The Labute approximate surface area is 89.6 Å². The predicted octanol–water partition coefficient (Wildman–Crippen LogP) is 2.66. The molecule has 0 N–H and O–H groups in total. The molecular formula is C13H12NO. The normalized spacial score (nSPS) is 10.5. The van der Waals surface area contributed by atoms with E-state index in [1.807, 2.05) is 48.5 Å². The lowest BCUT2D eigenvalue weighted by molar-refractivity contribution is 0.245. The van der Waals surface area contributed by atoms with Crippen LogP contribution in [-0.2, 0) is 4.74 Å². The van der Waals surface area contributed by atoms with Crippen LogP contribution in [0.1, 0.15) is 11.3 Å². The summed E-state index contributed by atoms with van der Waals surface area (Å²) < 4.78 is 5.38. The van der Waals surface area contributed by atoms with Crippen LogP contribution in [0.2, 0.25) is 0 Å². The maximum Gasteiger partial charge on any atom is 0.173 e. The second-order valence-corrected chi connectivity index (χ2v) is 3.11. The molecule has 0 aliphatic heterocycles. The molecule has 0 fully saturated rings. The van der Waals surface area contributed by atoms with Gasteiger partial charge < -0.3 is 4.74 Å². The van der Waals surface area contributed by atoms with Crippen molar-refractivity contribution in [2.45, 2.75) is 0 Å². The monoisotopic (exact) mass is 198 g/mol. The average Bonchev–Trinajstić information content (AvgIpc) is 2.33. The van der Waals surface area contributed by atoms with E-state index in [0.717, 1.165) is 17.4 Å². The van der Waals surface area contributed by atoms with E-state index in [-0.39, 0.29) is 0 Å². The van der Waals surface area contributed by atoms with Gasteiger partial charge in [0.1, 0.15) is 0 Å². The summed E-state index contributed by atoms with van der Waals surface area (Å²) >= 11 is 0. The van der Waals surface area contributed by atoms with Crippen molar-refractivity contribution in [3.63, 3.8) is 0 Å². The highest BCUT2D eigenvalue weighted by Gasteiger charge is 2.14. The van der Waals surface area contributed by atoms with Gasteiger partial charge in [0.05, 0.1) is 5.69 Å². The number of nitrogens with zero attached hydrogens (tertiary/aromatic N) is 1. The Hall–Kier alpha value is -1.67. The molecule has 1 aromatic heterocycles. The molecule has 1 heterocycles. The predicted molar refractivity (Wildman–Crippen MR) is 59.1 cm³/mol. The first-order valence-corrected chi connectivity index (χ1v) is 4.79. The largest absolute Gasteiger partial charge is 0.363 e. The van der Waals surface area contributed by atoms with Gasteiger partial charge in [0.15, 0.2) is 6.10 Å². The number of ether oxygens (including phenoxy) is 1. The second-order valence-electron chi connectivity index (χ2n) is 3.11. The fourth-order valence-corrected chi connectivity index (χ4v) is 1.46. The second kappa shape index (κ2) is 4.71. The molecule has 0 atom stereocenters. The molecule has 2 nitrogen and oxygen atoms in total. The first-order chi connectivity index (χ1) is 7.42. The number of hydrogen-bond donors (Lipinski definition) is 0. The van der Waals surface area contributed by atoms with E-state index in [9.17, 15) is 0 Å². The minimum atomic E-state index is 0.802. The van der Waals surface area contributed by atoms with Gasteiger partial charge in [0, 0.05) is 13.3 Å². The average molecular weight is 198 g/mol. The molecule has 1 radical (unpaired) electrons. The highest BCUT2D eigenvalue weighted by atomic mass is 16.5. The summed E-state index contributed by atoms with van der Waals surface area (Å²) in [5.41, 5.74) is 1.89. The van der Waals surface area contributed by atoms with E-state index in [2.05, 4.69) is 4.98 Å². The third kappa shape index (κ3) is 2.22. The Morgan fingerprint density at radius 2 is 1.73 bits per heavy atom. The minimum Gasteiger partial charge on any atom is -0.363 e. The Bertz CT molecular complexity index is 360. The summed E-state index contributed by atoms with van der Waals surface area (Å²) in [5, 5.41) is 0. The van der Waals surface area contributed by atoms with E-state index in [1.54, 1.807) is 13.3 Å². The molecule has 0 spiro atoms. The van der Waals surface area contributed by atoms with Gasteiger partial charge in [-0.05, 0) is 17.7 Å². The minimum absolute atomic E-state index is 0.802. The van der Waals surface area contributed by atoms with Gasteiger partial charge in [0.25, 0.3) is 0 Å². The lowest BCUT2D eigenvalue weighted by Gasteiger charge is -2.12. The van der Waals surface area contributed by atoms with Crippen molar-refractivity contribution < 1.29 is 4.74 Å². The van der Waals surface area contributed by atoms with Gasteiger partial charge in [0.2, 0.25) is 0 Å². The molecule has 75 valence electrons. The molecule has 2 aromatic rings. The van der Waals surface area contributed by atoms with Gasteiger partial charge >= 0.3 is 0 Å². The molecule has 0 amide bonds. The summed E-state index contributed by atoms with van der Waals surface area (Å²) in [5.74, 6) is 0. The zero-order chi connectivity index (χ0) is 10.5. The van der Waals surface area contributed by atoms with Crippen LogP contribution in [0.5, 0.6) is 0 Å². The lowest BCUT2D eigenvalue weighted by atomic mass is 10.1. The van der Waals surface area contributed by atoms with Crippen molar-refractivity contribution in [3.05, 3.63) is 72.1 Å². The standard InChI is InChI=1S/C13H12NO/c1-15-13(11-7-3-2-4-8-11)12-9-5-6-10-14-12/h2-10H,1H3. The third-order valence-electron chi connectivity index (χ3n) is 2.14. The molecule has 0 aliphatic rings. The quantitative estimate of drug-likeness (QED) is 0.756. The first-order valence-electron chi connectivity index (χ1n) is 4.79. The molecule has 2 rings (SSSR count). The van der Waals surface area contributed by atoms with Crippen LogP contribution in [0.4, 0.5) is 0 Å². The van der Waals surface area contributed by atoms with Crippen LogP contribution in [-0.4, -0.2) is 12.1 Å². The Balaban J connectivity index is 2.34. The highest BCUT2D eigenvalue weighted by molar-refractivity contribution is 5.37. The Kier molecular flexibility index (Phi) is 3.10. The molecule has 0 saturated carbocycles. The van der Waals surface area contributed by atoms with E-state index in [1.165, 1.54) is 0 Å². The van der Waals surface area contributed by atoms with Crippen molar-refractivity contribution in [1.29, 1.82) is 0 Å². The summed E-state index contributed by atoms with van der Waals surface area (Å²) in [6.07, 6.45) is 2.56. The number of pyridine rings is 1. The van der Waals surface area contributed by atoms with Crippen LogP contribution < -0.4 is 0 Å². The van der Waals surface area contributed by atoms with Gasteiger partial charge in [-0.25, -0.2) is 0 Å². The van der Waals surface area contributed by atoms with Crippen molar-refractivity contribution in [2.24, 2.45) is 0 Å². The highest BCUT2D eigenvalue weighted by Crippen LogP contribution is 2.21. The fraction of sp³-hybridized carbons (Fsp3) is 0.0769. The maximum absolute atomic E-state index is 5.38. The zero-order valence-corrected chi connectivity index (χ0v) is 8.55.